The zero-order valence-electron chi connectivity index (χ0n) is 13.0. The number of carbonyl (C=O) groups excluding carboxylic acids is 1. The molecule has 0 N–H and O–H groups in total. The Balaban J connectivity index is 2.31. The van der Waals surface area contributed by atoms with Crippen molar-refractivity contribution in [2.45, 2.75) is 83.4 Å². The summed E-state index contributed by atoms with van der Waals surface area (Å²) in [7, 11) is 0. The Morgan fingerprint density at radius 2 is 1.68 bits per heavy atom. The summed E-state index contributed by atoms with van der Waals surface area (Å²) in [6, 6.07) is 0. The lowest BCUT2D eigenvalue weighted by molar-refractivity contribution is -0.0748. The molecule has 0 spiro atoms. The highest BCUT2D eigenvalue weighted by atomic mass is 16.6. The Bertz CT molecular complexity index is 387. The molecule has 2 saturated heterocycles. The van der Waals surface area contributed by atoms with Crippen LogP contribution in [0, 0.1) is 0 Å². The van der Waals surface area contributed by atoms with Gasteiger partial charge < -0.3 is 4.74 Å². The molecule has 3 nitrogen and oxygen atoms in total. The summed E-state index contributed by atoms with van der Waals surface area (Å²) in [5.41, 5.74) is 0.589. The lowest BCUT2D eigenvalue weighted by Crippen LogP contribution is -2.66. The molecule has 0 aromatic carbocycles. The molecule has 0 aliphatic carbocycles. The molecule has 2 aliphatic heterocycles. The van der Waals surface area contributed by atoms with Gasteiger partial charge in [-0.25, -0.2) is 4.79 Å². The predicted octanol–water partition coefficient (Wildman–Crippen LogP) is 4.27. The van der Waals surface area contributed by atoms with Gasteiger partial charge in [-0.2, -0.15) is 0 Å². The van der Waals surface area contributed by atoms with Crippen LogP contribution in [0.4, 0.5) is 4.79 Å². The van der Waals surface area contributed by atoms with E-state index in [0.717, 1.165) is 25.7 Å². The van der Waals surface area contributed by atoms with Crippen LogP contribution in [-0.2, 0) is 4.74 Å². The Kier molecular flexibility index (Phi) is 3.23. The molecule has 2 rings (SSSR count). The number of amides is 1. The molecule has 0 radical (unpaired) electrons. The van der Waals surface area contributed by atoms with E-state index in [1.165, 1.54) is 12.0 Å². The van der Waals surface area contributed by atoms with Crippen molar-refractivity contribution in [1.29, 1.82) is 0 Å². The second-order valence-electron chi connectivity index (χ2n) is 7.77. The average Bonchev–Trinajstić information content (AvgIpc) is 2.09. The van der Waals surface area contributed by atoms with Crippen molar-refractivity contribution < 1.29 is 9.53 Å². The molecule has 0 aromatic rings. The number of fused-ring (bicyclic) bond motifs is 2. The molecule has 2 atom stereocenters. The number of ether oxygens (including phenoxy) is 1. The van der Waals surface area contributed by atoms with E-state index in [1.807, 2.05) is 25.7 Å². The second kappa shape index (κ2) is 4.26. The van der Waals surface area contributed by atoms with Crippen LogP contribution in [0.2, 0.25) is 0 Å². The lowest BCUT2D eigenvalue weighted by atomic mass is 9.67. The van der Waals surface area contributed by atoms with Crippen molar-refractivity contribution in [2.24, 2.45) is 0 Å². The van der Waals surface area contributed by atoms with Crippen molar-refractivity contribution >= 4 is 6.09 Å². The molecule has 2 aliphatic rings. The van der Waals surface area contributed by atoms with E-state index in [2.05, 4.69) is 20.4 Å². The Labute approximate surface area is 117 Å². The van der Waals surface area contributed by atoms with Gasteiger partial charge in [0.1, 0.15) is 5.60 Å². The van der Waals surface area contributed by atoms with Gasteiger partial charge in [0.25, 0.3) is 0 Å². The van der Waals surface area contributed by atoms with Crippen LogP contribution in [0.1, 0.15) is 66.7 Å². The number of hydrogen-bond acceptors (Lipinski definition) is 2. The van der Waals surface area contributed by atoms with Crippen molar-refractivity contribution in [3.8, 4) is 0 Å². The number of carbonyl (C=O) groups is 1. The van der Waals surface area contributed by atoms with Crippen LogP contribution in [0.25, 0.3) is 0 Å². The SMILES string of the molecule is C=C1CC2(C)CCCC(C)(C1)N2C(=O)OC(C)(C)C. The first kappa shape index (κ1) is 14.4. The molecular weight excluding hydrogens is 238 g/mol. The van der Waals surface area contributed by atoms with E-state index in [-0.39, 0.29) is 17.2 Å². The molecule has 108 valence electrons. The highest BCUT2D eigenvalue weighted by Gasteiger charge is 2.53. The fourth-order valence-corrected chi connectivity index (χ4v) is 3.95. The maximum Gasteiger partial charge on any atom is 0.411 e. The van der Waals surface area contributed by atoms with Crippen LogP contribution in [0.15, 0.2) is 12.2 Å². The van der Waals surface area contributed by atoms with Gasteiger partial charge in [-0.15, -0.1) is 0 Å². The molecule has 2 unspecified atom stereocenters. The fraction of sp³-hybridized carbons (Fsp3) is 0.812. The predicted molar refractivity (Wildman–Crippen MR) is 77.1 cm³/mol. The highest BCUT2D eigenvalue weighted by Crippen LogP contribution is 2.49. The maximum absolute atomic E-state index is 12.6. The minimum Gasteiger partial charge on any atom is -0.444 e. The average molecular weight is 265 g/mol. The van der Waals surface area contributed by atoms with Crippen LogP contribution in [0.5, 0.6) is 0 Å². The van der Waals surface area contributed by atoms with Gasteiger partial charge in [-0.1, -0.05) is 12.2 Å². The summed E-state index contributed by atoms with van der Waals surface area (Å²) in [4.78, 5) is 14.6. The van der Waals surface area contributed by atoms with Gasteiger partial charge in [0.2, 0.25) is 0 Å². The van der Waals surface area contributed by atoms with Gasteiger partial charge in [-0.05, 0) is 66.7 Å². The van der Waals surface area contributed by atoms with Gasteiger partial charge in [0.05, 0.1) is 0 Å². The summed E-state index contributed by atoms with van der Waals surface area (Å²) in [6.07, 6.45) is 4.91. The minimum atomic E-state index is -0.438. The zero-order chi connectivity index (χ0) is 14.5. The summed E-state index contributed by atoms with van der Waals surface area (Å²) in [5, 5.41) is 0. The molecule has 3 heteroatoms. The van der Waals surface area contributed by atoms with E-state index >= 15 is 0 Å². The molecule has 19 heavy (non-hydrogen) atoms. The van der Waals surface area contributed by atoms with Gasteiger partial charge in [0, 0.05) is 11.1 Å². The normalized spacial score (nSPS) is 35.2. The van der Waals surface area contributed by atoms with E-state index in [9.17, 15) is 4.79 Å². The fourth-order valence-electron chi connectivity index (χ4n) is 3.95. The molecule has 0 saturated carbocycles. The number of nitrogens with zero attached hydrogens (tertiary/aromatic N) is 1. The maximum atomic E-state index is 12.6. The summed E-state index contributed by atoms with van der Waals surface area (Å²) in [5.74, 6) is 0. The third-order valence-electron chi connectivity index (χ3n) is 4.35. The molecule has 1 amide bonds. The first-order chi connectivity index (χ1) is 8.56. The third-order valence-corrected chi connectivity index (χ3v) is 4.35. The number of piperidine rings is 2. The topological polar surface area (TPSA) is 29.5 Å². The molecule has 2 heterocycles. The first-order valence-corrected chi connectivity index (χ1v) is 7.26. The van der Waals surface area contributed by atoms with E-state index in [4.69, 9.17) is 4.74 Å². The van der Waals surface area contributed by atoms with Crippen LogP contribution < -0.4 is 0 Å². The van der Waals surface area contributed by atoms with Crippen molar-refractivity contribution in [1.82, 2.24) is 4.90 Å². The molecule has 2 bridgehead atoms. The van der Waals surface area contributed by atoms with Crippen LogP contribution >= 0.6 is 0 Å². The van der Waals surface area contributed by atoms with E-state index < -0.39 is 5.60 Å². The van der Waals surface area contributed by atoms with Crippen LogP contribution in [0.3, 0.4) is 0 Å². The second-order valence-corrected chi connectivity index (χ2v) is 7.77. The standard InChI is InChI=1S/C16H27NO2/c1-12-10-15(5)8-7-9-16(6,11-12)17(15)13(18)19-14(2,3)4/h1,7-11H2,2-6H3. The third kappa shape index (κ3) is 2.65. The summed E-state index contributed by atoms with van der Waals surface area (Å²) >= 11 is 0. The quantitative estimate of drug-likeness (QED) is 0.612. The van der Waals surface area contributed by atoms with Gasteiger partial charge in [0.15, 0.2) is 0 Å². The Morgan fingerprint density at radius 3 is 2.11 bits per heavy atom. The van der Waals surface area contributed by atoms with Crippen LogP contribution in [-0.4, -0.2) is 27.7 Å². The molecule has 2 fully saturated rings. The number of hydrogen-bond donors (Lipinski definition) is 0. The summed E-state index contributed by atoms with van der Waals surface area (Å²) in [6.45, 7) is 14.3. The molecule has 0 aromatic heterocycles. The van der Waals surface area contributed by atoms with Crippen molar-refractivity contribution in [3.63, 3.8) is 0 Å². The number of rotatable bonds is 0. The van der Waals surface area contributed by atoms with Gasteiger partial charge >= 0.3 is 6.09 Å². The highest BCUT2D eigenvalue weighted by molar-refractivity contribution is 5.71. The summed E-state index contributed by atoms with van der Waals surface area (Å²) < 4.78 is 5.64. The largest absolute Gasteiger partial charge is 0.444 e. The minimum absolute atomic E-state index is 0.120. The lowest BCUT2D eigenvalue weighted by Gasteiger charge is -2.59. The zero-order valence-corrected chi connectivity index (χ0v) is 13.0. The van der Waals surface area contributed by atoms with E-state index in [0.29, 0.717) is 0 Å². The van der Waals surface area contributed by atoms with Crippen molar-refractivity contribution in [2.75, 3.05) is 0 Å². The smallest absolute Gasteiger partial charge is 0.411 e. The molecular formula is C16H27NO2. The Hall–Kier alpha value is -0.990. The van der Waals surface area contributed by atoms with Gasteiger partial charge in [-0.3, -0.25) is 4.90 Å². The van der Waals surface area contributed by atoms with Crippen molar-refractivity contribution in [3.05, 3.63) is 12.2 Å². The Morgan fingerprint density at radius 1 is 1.21 bits per heavy atom. The monoisotopic (exact) mass is 265 g/mol. The van der Waals surface area contributed by atoms with E-state index in [1.54, 1.807) is 0 Å². The first-order valence-electron chi connectivity index (χ1n) is 7.26.